The number of aryl methyl sites for hydroxylation is 2. The van der Waals surface area contributed by atoms with Crippen LogP contribution in [0.5, 0.6) is 0 Å². The van der Waals surface area contributed by atoms with E-state index in [9.17, 15) is 19.2 Å². The number of carbonyl (C=O) groups is 4. The first-order chi connectivity index (χ1) is 18.4. The zero-order valence-electron chi connectivity index (χ0n) is 22.1. The molecule has 1 atom stereocenters. The molecular formula is C30H31ClN4O4. The fourth-order valence-corrected chi connectivity index (χ4v) is 5.39. The van der Waals surface area contributed by atoms with Crippen molar-refractivity contribution in [2.24, 2.45) is 16.9 Å². The molecule has 8 nitrogen and oxygen atoms in total. The maximum Gasteiger partial charge on any atom is 0.258 e. The minimum atomic E-state index is -1.66. The van der Waals surface area contributed by atoms with E-state index >= 15 is 0 Å². The van der Waals surface area contributed by atoms with E-state index in [0.717, 1.165) is 5.56 Å². The van der Waals surface area contributed by atoms with Gasteiger partial charge in [-0.15, -0.1) is 0 Å². The maximum atomic E-state index is 13.9. The number of primary amides is 2. The van der Waals surface area contributed by atoms with Crippen molar-refractivity contribution in [1.29, 1.82) is 0 Å². The number of hydrogen-bond donors (Lipinski definition) is 3. The second-order valence-corrected chi connectivity index (χ2v) is 10.5. The second-order valence-electron chi connectivity index (χ2n) is 10.1. The quantitative estimate of drug-likeness (QED) is 0.386. The number of nitrogens with zero attached hydrogens (tertiary/aromatic N) is 1. The van der Waals surface area contributed by atoms with Crippen molar-refractivity contribution in [2.45, 2.75) is 39.5 Å². The Morgan fingerprint density at radius 2 is 1.62 bits per heavy atom. The first-order valence-corrected chi connectivity index (χ1v) is 13.0. The predicted molar refractivity (Wildman–Crippen MR) is 152 cm³/mol. The van der Waals surface area contributed by atoms with Crippen LogP contribution < -0.4 is 21.7 Å². The van der Waals surface area contributed by atoms with Crippen LogP contribution in [0, 0.1) is 19.3 Å². The number of halogens is 1. The van der Waals surface area contributed by atoms with Crippen LogP contribution in [0.25, 0.3) is 0 Å². The third-order valence-electron chi connectivity index (χ3n) is 7.60. The topological polar surface area (TPSA) is 136 Å². The summed E-state index contributed by atoms with van der Waals surface area (Å²) >= 11 is 6.32. The van der Waals surface area contributed by atoms with E-state index in [2.05, 4.69) is 5.32 Å². The Labute approximate surface area is 232 Å². The molecule has 9 heteroatoms. The van der Waals surface area contributed by atoms with Gasteiger partial charge in [0, 0.05) is 40.0 Å². The first kappa shape index (κ1) is 27.9. The van der Waals surface area contributed by atoms with Crippen LogP contribution in [0.1, 0.15) is 63.1 Å². The number of carbonyl (C=O) groups excluding carboxylic acids is 4. The molecule has 5 N–H and O–H groups in total. The largest absolute Gasteiger partial charge is 0.369 e. The molecule has 202 valence electrons. The van der Waals surface area contributed by atoms with E-state index in [1.165, 1.54) is 6.92 Å². The molecule has 1 unspecified atom stereocenters. The van der Waals surface area contributed by atoms with Gasteiger partial charge in [0.15, 0.2) is 0 Å². The molecule has 0 radical (unpaired) electrons. The third kappa shape index (κ3) is 5.25. The lowest BCUT2D eigenvalue weighted by molar-refractivity contribution is -0.140. The van der Waals surface area contributed by atoms with E-state index in [1.54, 1.807) is 60.4 Å². The number of fused-ring (bicyclic) bond motifs is 1. The molecule has 0 fully saturated rings. The summed E-state index contributed by atoms with van der Waals surface area (Å²) in [6.45, 7) is 5.47. The molecule has 4 amide bonds. The summed E-state index contributed by atoms with van der Waals surface area (Å²) in [7, 11) is 0. The van der Waals surface area contributed by atoms with Gasteiger partial charge < -0.3 is 21.7 Å². The number of hydrogen-bond acceptors (Lipinski definition) is 4. The van der Waals surface area contributed by atoms with Gasteiger partial charge in [-0.05, 0) is 92.8 Å². The summed E-state index contributed by atoms with van der Waals surface area (Å²) < 4.78 is 0. The van der Waals surface area contributed by atoms with Gasteiger partial charge in [-0.25, -0.2) is 0 Å². The molecule has 1 aliphatic heterocycles. The molecule has 4 rings (SSSR count). The molecule has 0 saturated carbocycles. The number of benzene rings is 3. The summed E-state index contributed by atoms with van der Waals surface area (Å²) in [6.07, 6.45) is 0.908. The molecule has 0 saturated heterocycles. The Balaban J connectivity index is 1.68. The van der Waals surface area contributed by atoms with Gasteiger partial charge >= 0.3 is 0 Å². The van der Waals surface area contributed by atoms with E-state index in [-0.39, 0.29) is 11.8 Å². The molecule has 3 aromatic rings. The van der Waals surface area contributed by atoms with Crippen molar-refractivity contribution in [3.8, 4) is 0 Å². The van der Waals surface area contributed by atoms with Gasteiger partial charge in [0.2, 0.25) is 11.8 Å². The molecular weight excluding hydrogens is 516 g/mol. The molecule has 39 heavy (non-hydrogen) atoms. The minimum Gasteiger partial charge on any atom is -0.369 e. The Kier molecular flexibility index (Phi) is 7.79. The van der Waals surface area contributed by atoms with Gasteiger partial charge in [0.25, 0.3) is 11.8 Å². The highest BCUT2D eigenvalue weighted by atomic mass is 35.5. The number of nitrogens with one attached hydrogen (secondary N) is 1. The average molecular weight is 547 g/mol. The second kappa shape index (κ2) is 10.9. The highest BCUT2D eigenvalue weighted by Gasteiger charge is 2.48. The van der Waals surface area contributed by atoms with Crippen LogP contribution in [-0.2, 0) is 9.59 Å². The van der Waals surface area contributed by atoms with Crippen molar-refractivity contribution >= 4 is 46.6 Å². The zero-order valence-corrected chi connectivity index (χ0v) is 22.8. The summed E-state index contributed by atoms with van der Waals surface area (Å²) in [5, 5.41) is 3.29. The van der Waals surface area contributed by atoms with Crippen LogP contribution in [0.4, 0.5) is 11.4 Å². The van der Waals surface area contributed by atoms with E-state index < -0.39 is 23.1 Å². The van der Waals surface area contributed by atoms with E-state index in [4.69, 9.17) is 23.1 Å². The standard InChI is InChI=1S/C30H31ClN4O4/c1-17-7-4-5-8-21(17)26(36)34-20-11-12-22(18(2)15-20)27(37)35-14-6-9-24(30(3,28(32)38)29(33)39)23-16-19(31)10-13-25(23)35/h4-5,7-8,10-13,15-16,24H,6,9,14H2,1-3H3,(H2,32,38)(H2,33,39)(H,34,36). The predicted octanol–water partition coefficient (Wildman–Crippen LogP) is 4.71. The van der Waals surface area contributed by atoms with Crippen molar-refractivity contribution < 1.29 is 19.2 Å². The number of rotatable bonds is 6. The Morgan fingerprint density at radius 1 is 0.923 bits per heavy atom. The third-order valence-corrected chi connectivity index (χ3v) is 7.84. The maximum absolute atomic E-state index is 13.9. The Bertz CT molecular complexity index is 1470. The Hall–Kier alpha value is -4.17. The van der Waals surface area contributed by atoms with E-state index in [0.29, 0.717) is 58.0 Å². The van der Waals surface area contributed by atoms with Gasteiger partial charge in [0.1, 0.15) is 5.41 Å². The summed E-state index contributed by atoms with van der Waals surface area (Å²) in [4.78, 5) is 53.1. The summed E-state index contributed by atoms with van der Waals surface area (Å²) in [5.41, 5.74) is 13.9. The minimum absolute atomic E-state index is 0.233. The monoisotopic (exact) mass is 546 g/mol. The lowest BCUT2D eigenvalue weighted by Crippen LogP contribution is -2.49. The van der Waals surface area contributed by atoms with Crippen molar-refractivity contribution in [3.05, 3.63) is 93.5 Å². The molecule has 0 aromatic heterocycles. The molecule has 0 aliphatic carbocycles. The van der Waals surface area contributed by atoms with Gasteiger partial charge in [-0.1, -0.05) is 29.8 Å². The Morgan fingerprint density at radius 3 is 2.26 bits per heavy atom. The molecule has 3 aromatic carbocycles. The molecule has 1 aliphatic rings. The summed E-state index contributed by atoms with van der Waals surface area (Å²) in [5.74, 6) is -2.80. The zero-order chi connectivity index (χ0) is 28.5. The molecule has 0 bridgehead atoms. The lowest BCUT2D eigenvalue weighted by atomic mass is 9.70. The van der Waals surface area contributed by atoms with Crippen LogP contribution in [-0.4, -0.2) is 30.2 Å². The average Bonchev–Trinajstić information content (AvgIpc) is 3.07. The fraction of sp³-hybridized carbons (Fsp3) is 0.267. The van der Waals surface area contributed by atoms with Crippen molar-refractivity contribution in [2.75, 3.05) is 16.8 Å². The van der Waals surface area contributed by atoms with Gasteiger partial charge in [-0.3, -0.25) is 19.2 Å². The van der Waals surface area contributed by atoms with Crippen molar-refractivity contribution in [3.63, 3.8) is 0 Å². The fourth-order valence-electron chi connectivity index (χ4n) is 5.21. The lowest BCUT2D eigenvalue weighted by Gasteiger charge is -2.33. The number of anilines is 2. The SMILES string of the molecule is Cc1ccccc1C(=O)Nc1ccc(C(=O)N2CCCC(C(C)(C(N)=O)C(N)=O)c3cc(Cl)ccc32)c(C)c1. The van der Waals surface area contributed by atoms with Gasteiger partial charge in [-0.2, -0.15) is 0 Å². The first-order valence-electron chi connectivity index (χ1n) is 12.6. The molecule has 1 heterocycles. The number of amides is 4. The highest BCUT2D eigenvalue weighted by Crippen LogP contribution is 2.46. The molecule has 0 spiro atoms. The van der Waals surface area contributed by atoms with Crippen LogP contribution in [0.15, 0.2) is 60.7 Å². The number of nitrogens with two attached hydrogens (primary N) is 2. The van der Waals surface area contributed by atoms with Crippen LogP contribution in [0.3, 0.4) is 0 Å². The van der Waals surface area contributed by atoms with Crippen molar-refractivity contribution in [1.82, 2.24) is 0 Å². The van der Waals surface area contributed by atoms with Crippen LogP contribution in [0.2, 0.25) is 5.02 Å². The van der Waals surface area contributed by atoms with E-state index in [1.807, 2.05) is 19.1 Å². The summed E-state index contributed by atoms with van der Waals surface area (Å²) in [6, 6.07) is 17.5. The smallest absolute Gasteiger partial charge is 0.258 e. The highest BCUT2D eigenvalue weighted by molar-refractivity contribution is 6.30. The normalized spacial score (nSPS) is 15.2. The van der Waals surface area contributed by atoms with Gasteiger partial charge in [0.05, 0.1) is 0 Å². The van der Waals surface area contributed by atoms with Crippen LogP contribution >= 0.6 is 11.6 Å².